The van der Waals surface area contributed by atoms with Gasteiger partial charge in [-0.05, 0) is 35.9 Å². The maximum absolute atomic E-state index is 12.4. The van der Waals surface area contributed by atoms with Crippen LogP contribution in [0.3, 0.4) is 0 Å². The summed E-state index contributed by atoms with van der Waals surface area (Å²) in [5.41, 5.74) is 3.23. The zero-order valence-electron chi connectivity index (χ0n) is 18.1. The zero-order valence-corrected chi connectivity index (χ0v) is 18.1. The number of aromatic nitrogens is 2. The van der Waals surface area contributed by atoms with Crippen molar-refractivity contribution in [1.29, 1.82) is 5.41 Å². The van der Waals surface area contributed by atoms with Gasteiger partial charge in [0.25, 0.3) is 0 Å². The number of rotatable bonds is 13. The molecule has 7 heteroatoms. The Balaban J connectivity index is 1.97. The second kappa shape index (κ2) is 12.7. The quantitative estimate of drug-likeness (QED) is 0.293. The Labute approximate surface area is 183 Å². The molecule has 0 saturated carbocycles. The predicted molar refractivity (Wildman–Crippen MR) is 127 cm³/mol. The van der Waals surface area contributed by atoms with Crippen molar-refractivity contribution in [1.82, 2.24) is 20.6 Å². The van der Waals surface area contributed by atoms with E-state index in [0.717, 1.165) is 29.8 Å². The number of allylic oxidation sites excluding steroid dienone is 2. The molecule has 31 heavy (non-hydrogen) atoms. The Kier molecular flexibility index (Phi) is 9.68. The smallest absolute Gasteiger partial charge is 0.182 e. The van der Waals surface area contributed by atoms with Crippen LogP contribution in [-0.4, -0.2) is 41.6 Å². The molecular weight excluding hydrogens is 388 g/mol. The molecule has 0 amide bonds. The van der Waals surface area contributed by atoms with E-state index in [0.29, 0.717) is 17.8 Å². The lowest BCUT2D eigenvalue weighted by Gasteiger charge is -2.08. The molecule has 0 spiro atoms. The van der Waals surface area contributed by atoms with E-state index in [9.17, 15) is 4.79 Å². The molecule has 4 N–H and O–H groups in total. The lowest BCUT2D eigenvalue weighted by Crippen LogP contribution is -2.23. The molecule has 0 aliphatic heterocycles. The van der Waals surface area contributed by atoms with E-state index in [2.05, 4.69) is 39.4 Å². The Morgan fingerprint density at radius 2 is 2.03 bits per heavy atom. The van der Waals surface area contributed by atoms with Crippen molar-refractivity contribution in [2.24, 2.45) is 0 Å². The minimum Gasteiger partial charge on any atom is -0.394 e. The number of carbonyl (C=O) groups is 1. The van der Waals surface area contributed by atoms with Crippen LogP contribution in [0.2, 0.25) is 0 Å². The molecule has 0 aliphatic carbocycles. The highest BCUT2D eigenvalue weighted by Crippen LogP contribution is 2.19. The fraction of sp³-hybridized carbons (Fsp3) is 0.250. The predicted octanol–water partition coefficient (Wildman–Crippen LogP) is 3.49. The third-order valence-corrected chi connectivity index (χ3v) is 4.36. The second-order valence-electron chi connectivity index (χ2n) is 6.91. The number of nitrogens with zero attached hydrogens (tertiary/aromatic N) is 2. The van der Waals surface area contributed by atoms with Crippen LogP contribution in [0, 0.1) is 5.41 Å². The maximum Gasteiger partial charge on any atom is 0.182 e. The fourth-order valence-electron chi connectivity index (χ4n) is 2.70. The minimum absolute atomic E-state index is 0.165. The number of carbonyl (C=O) groups excluding carboxylic acids is 1. The van der Waals surface area contributed by atoms with Crippen LogP contribution in [0.15, 0.2) is 73.4 Å². The summed E-state index contributed by atoms with van der Waals surface area (Å²) < 4.78 is 0. The summed E-state index contributed by atoms with van der Waals surface area (Å²) in [6, 6.07) is 7.51. The van der Waals surface area contributed by atoms with Crippen LogP contribution < -0.4 is 16.0 Å². The second-order valence-corrected chi connectivity index (χ2v) is 6.91. The highest BCUT2D eigenvalue weighted by molar-refractivity contribution is 6.03. The monoisotopic (exact) mass is 418 g/mol. The minimum atomic E-state index is -0.287. The zero-order chi connectivity index (χ0) is 22.5. The summed E-state index contributed by atoms with van der Waals surface area (Å²) in [4.78, 5) is 21.2. The molecule has 2 aromatic rings. The summed E-state index contributed by atoms with van der Waals surface area (Å²) in [7, 11) is 1.78. The summed E-state index contributed by atoms with van der Waals surface area (Å²) in [6.07, 6.45) is 12.7. The molecule has 0 fully saturated rings. The molecule has 1 heterocycles. The summed E-state index contributed by atoms with van der Waals surface area (Å²) in [5, 5.41) is 16.5. The van der Waals surface area contributed by atoms with E-state index in [1.807, 2.05) is 24.3 Å². The van der Waals surface area contributed by atoms with Gasteiger partial charge in [0.1, 0.15) is 0 Å². The molecule has 0 saturated heterocycles. The molecule has 0 aliphatic rings. The van der Waals surface area contributed by atoms with Gasteiger partial charge in [0, 0.05) is 44.1 Å². The third-order valence-electron chi connectivity index (χ3n) is 4.36. The first kappa shape index (κ1) is 23.5. The van der Waals surface area contributed by atoms with E-state index >= 15 is 0 Å². The maximum atomic E-state index is 12.4. The van der Waals surface area contributed by atoms with Crippen molar-refractivity contribution >= 4 is 17.7 Å². The van der Waals surface area contributed by atoms with Crippen molar-refractivity contribution in [3.05, 3.63) is 78.9 Å². The largest absolute Gasteiger partial charge is 0.394 e. The highest BCUT2D eigenvalue weighted by Gasteiger charge is 2.08. The third kappa shape index (κ3) is 7.89. The number of nitrogens with one attached hydrogen (secondary N) is 4. The molecule has 1 unspecified atom stereocenters. The Morgan fingerprint density at radius 3 is 2.71 bits per heavy atom. The molecular formula is C24H30N6O. The van der Waals surface area contributed by atoms with Crippen LogP contribution in [0.5, 0.6) is 0 Å². The van der Waals surface area contributed by atoms with Crippen LogP contribution >= 0.6 is 0 Å². The highest BCUT2D eigenvalue weighted by atomic mass is 16.1. The van der Waals surface area contributed by atoms with Crippen LogP contribution in [0.25, 0.3) is 11.4 Å². The molecule has 2 rings (SSSR count). The summed E-state index contributed by atoms with van der Waals surface area (Å²) in [6.45, 7) is 6.91. The first-order valence-electron chi connectivity index (χ1n) is 10.2. The van der Waals surface area contributed by atoms with Crippen LogP contribution in [0.4, 0.5) is 5.69 Å². The van der Waals surface area contributed by atoms with Gasteiger partial charge in [-0.2, -0.15) is 0 Å². The van der Waals surface area contributed by atoms with E-state index in [1.165, 1.54) is 12.3 Å². The van der Waals surface area contributed by atoms with Gasteiger partial charge in [0.05, 0.1) is 24.1 Å². The van der Waals surface area contributed by atoms with Gasteiger partial charge in [-0.1, -0.05) is 31.7 Å². The van der Waals surface area contributed by atoms with Gasteiger partial charge in [0.15, 0.2) is 11.6 Å². The van der Waals surface area contributed by atoms with Gasteiger partial charge in [-0.3, -0.25) is 4.79 Å². The fourth-order valence-corrected chi connectivity index (χ4v) is 2.70. The molecule has 1 aromatic carbocycles. The van der Waals surface area contributed by atoms with Crippen molar-refractivity contribution in [3.63, 3.8) is 0 Å². The molecule has 1 atom stereocenters. The summed E-state index contributed by atoms with van der Waals surface area (Å²) in [5.74, 6) is 0.471. The first-order chi connectivity index (χ1) is 15.1. The van der Waals surface area contributed by atoms with E-state index < -0.39 is 0 Å². The lowest BCUT2D eigenvalue weighted by atomic mass is 10.0. The summed E-state index contributed by atoms with van der Waals surface area (Å²) >= 11 is 0. The van der Waals surface area contributed by atoms with Gasteiger partial charge >= 0.3 is 0 Å². The van der Waals surface area contributed by atoms with Crippen molar-refractivity contribution in [2.45, 2.75) is 25.8 Å². The van der Waals surface area contributed by atoms with Crippen LogP contribution in [-0.2, 0) is 11.2 Å². The topological polar surface area (TPSA) is 103 Å². The van der Waals surface area contributed by atoms with Gasteiger partial charge in [-0.15, -0.1) is 0 Å². The number of benzene rings is 1. The molecule has 1 aromatic heterocycles. The van der Waals surface area contributed by atoms with Gasteiger partial charge in [-0.25, -0.2) is 9.97 Å². The van der Waals surface area contributed by atoms with Crippen molar-refractivity contribution < 1.29 is 4.79 Å². The Morgan fingerprint density at radius 1 is 1.26 bits per heavy atom. The van der Waals surface area contributed by atoms with Gasteiger partial charge < -0.3 is 21.4 Å². The normalized spacial score (nSPS) is 11.9. The molecule has 7 nitrogen and oxygen atoms in total. The molecule has 162 valence electrons. The number of ketones is 1. The van der Waals surface area contributed by atoms with E-state index in [1.54, 1.807) is 37.9 Å². The Bertz CT molecular complexity index is 933. The van der Waals surface area contributed by atoms with E-state index in [4.69, 9.17) is 5.41 Å². The first-order valence-corrected chi connectivity index (χ1v) is 10.2. The van der Waals surface area contributed by atoms with Crippen molar-refractivity contribution in [3.8, 4) is 11.4 Å². The number of hydrogen-bond acceptors (Lipinski definition) is 7. The SMILES string of the molecule is C=C(Cc1cccc(-c2ncc(NCCC)cn2)c1)C(=O)/C=C\NC(C=N)C=CNC. The number of anilines is 1. The average molecular weight is 419 g/mol. The van der Waals surface area contributed by atoms with Crippen LogP contribution in [0.1, 0.15) is 18.9 Å². The Hall–Kier alpha value is -3.74. The lowest BCUT2D eigenvalue weighted by molar-refractivity contribution is -0.111. The van der Waals surface area contributed by atoms with E-state index in [-0.39, 0.29) is 11.8 Å². The standard InChI is InChI=1S/C24H30N6O/c1-4-10-27-22-16-29-24(30-17-22)20-7-5-6-19(14-20)13-18(2)23(31)9-12-28-21(15-25)8-11-26-3/h5-9,11-12,14-17,21,25-28H,2,4,10,13H2,1,3H3/b11-8?,12-9-,25-15?. The average Bonchev–Trinajstić information content (AvgIpc) is 2.80. The molecule has 0 bridgehead atoms. The molecule has 0 radical (unpaired) electrons. The van der Waals surface area contributed by atoms with Crippen molar-refractivity contribution in [2.75, 3.05) is 18.9 Å². The number of hydrogen-bond donors (Lipinski definition) is 4. The van der Waals surface area contributed by atoms with Gasteiger partial charge in [0.2, 0.25) is 0 Å².